The maximum atomic E-state index is 13.5. The third-order valence-corrected chi connectivity index (χ3v) is 4.17. The Hall–Kier alpha value is -1.43. The first-order chi connectivity index (χ1) is 7.80. The average Bonchev–Trinajstić information content (AvgIpc) is 2.64. The molecule has 1 aromatic heterocycles. The standard InChI is InChI=1S/C11H18FN5/c1-10(2)8(11(10,3)4)15-7-6(12)5-14-9(16-7)17-13/h5,8H,13H2,1-4H3,(H2,14,15,16,17). The van der Waals surface area contributed by atoms with E-state index < -0.39 is 5.82 Å². The van der Waals surface area contributed by atoms with Gasteiger partial charge in [-0.2, -0.15) is 4.98 Å². The molecule has 0 radical (unpaired) electrons. The second-order valence-corrected chi connectivity index (χ2v) is 5.56. The number of nitrogens with two attached hydrogens (primary N) is 1. The Bertz CT molecular complexity index is 429. The van der Waals surface area contributed by atoms with E-state index in [2.05, 4.69) is 48.4 Å². The van der Waals surface area contributed by atoms with Crippen molar-refractivity contribution < 1.29 is 4.39 Å². The van der Waals surface area contributed by atoms with Crippen molar-refractivity contribution in [1.29, 1.82) is 0 Å². The smallest absolute Gasteiger partial charge is 0.239 e. The molecule has 1 aromatic rings. The van der Waals surface area contributed by atoms with Gasteiger partial charge in [-0.25, -0.2) is 15.2 Å². The average molecular weight is 239 g/mol. The van der Waals surface area contributed by atoms with Gasteiger partial charge in [-0.3, -0.25) is 5.43 Å². The quantitative estimate of drug-likeness (QED) is 0.553. The number of hydrogen-bond acceptors (Lipinski definition) is 5. The Morgan fingerprint density at radius 3 is 2.35 bits per heavy atom. The molecule has 1 saturated carbocycles. The summed E-state index contributed by atoms with van der Waals surface area (Å²) in [7, 11) is 0. The van der Waals surface area contributed by atoms with Gasteiger partial charge in [0.1, 0.15) is 0 Å². The first-order valence-corrected chi connectivity index (χ1v) is 5.56. The lowest BCUT2D eigenvalue weighted by Gasteiger charge is -2.09. The summed E-state index contributed by atoms with van der Waals surface area (Å²) in [5.41, 5.74) is 2.52. The predicted molar refractivity (Wildman–Crippen MR) is 64.8 cm³/mol. The molecule has 2 rings (SSSR count). The van der Waals surface area contributed by atoms with Gasteiger partial charge in [-0.05, 0) is 10.8 Å². The minimum absolute atomic E-state index is 0.112. The van der Waals surface area contributed by atoms with Crippen LogP contribution in [0.4, 0.5) is 16.2 Å². The van der Waals surface area contributed by atoms with E-state index >= 15 is 0 Å². The highest BCUT2D eigenvalue weighted by Crippen LogP contribution is 2.63. The minimum Gasteiger partial charge on any atom is -0.364 e. The lowest BCUT2D eigenvalue weighted by atomic mass is 10.0. The van der Waals surface area contributed by atoms with Gasteiger partial charge in [0.2, 0.25) is 5.95 Å². The van der Waals surface area contributed by atoms with E-state index in [1.807, 2.05) is 0 Å². The Labute approximate surface area is 100.0 Å². The maximum Gasteiger partial charge on any atom is 0.239 e. The molecule has 1 heterocycles. The lowest BCUT2D eigenvalue weighted by Crippen LogP contribution is -2.16. The van der Waals surface area contributed by atoms with Crippen LogP contribution in [0.5, 0.6) is 0 Å². The van der Waals surface area contributed by atoms with Gasteiger partial charge in [0.15, 0.2) is 11.6 Å². The summed E-state index contributed by atoms with van der Waals surface area (Å²) in [4.78, 5) is 7.66. The number of aromatic nitrogens is 2. The van der Waals surface area contributed by atoms with Crippen LogP contribution < -0.4 is 16.6 Å². The van der Waals surface area contributed by atoms with Crippen molar-refractivity contribution in [3.8, 4) is 0 Å². The zero-order chi connectivity index (χ0) is 12.8. The Balaban J connectivity index is 2.21. The summed E-state index contributed by atoms with van der Waals surface area (Å²) in [6.45, 7) is 8.58. The van der Waals surface area contributed by atoms with E-state index in [0.717, 1.165) is 6.20 Å². The van der Waals surface area contributed by atoms with E-state index in [4.69, 9.17) is 5.84 Å². The fraction of sp³-hybridized carbons (Fsp3) is 0.636. The molecule has 0 aliphatic heterocycles. The Kier molecular flexibility index (Phi) is 2.50. The highest BCUT2D eigenvalue weighted by Gasteiger charge is 2.65. The van der Waals surface area contributed by atoms with Crippen molar-refractivity contribution in [2.45, 2.75) is 33.7 Å². The van der Waals surface area contributed by atoms with E-state index in [0.29, 0.717) is 0 Å². The summed E-state index contributed by atoms with van der Waals surface area (Å²) in [6, 6.07) is 0.185. The molecule has 94 valence electrons. The molecule has 0 unspecified atom stereocenters. The predicted octanol–water partition coefficient (Wildman–Crippen LogP) is 1.75. The fourth-order valence-electron chi connectivity index (χ4n) is 2.23. The number of nitrogen functional groups attached to an aromatic ring is 1. The monoisotopic (exact) mass is 239 g/mol. The highest BCUT2D eigenvalue weighted by molar-refractivity contribution is 5.45. The first-order valence-electron chi connectivity index (χ1n) is 5.56. The number of anilines is 2. The molecular weight excluding hydrogens is 221 g/mol. The van der Waals surface area contributed by atoms with Gasteiger partial charge in [-0.15, -0.1) is 0 Å². The van der Waals surface area contributed by atoms with Gasteiger partial charge < -0.3 is 5.32 Å². The second-order valence-electron chi connectivity index (χ2n) is 5.56. The molecule has 0 bridgehead atoms. The molecule has 0 atom stereocenters. The van der Waals surface area contributed by atoms with Crippen LogP contribution in [0.2, 0.25) is 0 Å². The fourth-order valence-corrected chi connectivity index (χ4v) is 2.23. The van der Waals surface area contributed by atoms with E-state index in [1.54, 1.807) is 0 Å². The van der Waals surface area contributed by atoms with Crippen LogP contribution in [0.25, 0.3) is 0 Å². The van der Waals surface area contributed by atoms with Gasteiger partial charge in [0, 0.05) is 6.04 Å². The molecule has 5 nitrogen and oxygen atoms in total. The molecule has 1 aliphatic rings. The first kappa shape index (κ1) is 12.0. The number of hydrogen-bond donors (Lipinski definition) is 3. The van der Waals surface area contributed by atoms with Crippen LogP contribution in [0.1, 0.15) is 27.7 Å². The van der Waals surface area contributed by atoms with Crippen molar-refractivity contribution in [2.75, 3.05) is 10.7 Å². The van der Waals surface area contributed by atoms with Crippen LogP contribution in [0.3, 0.4) is 0 Å². The van der Waals surface area contributed by atoms with Gasteiger partial charge in [0.25, 0.3) is 0 Å². The molecule has 17 heavy (non-hydrogen) atoms. The number of hydrazine groups is 1. The molecule has 4 N–H and O–H groups in total. The van der Waals surface area contributed by atoms with Crippen molar-refractivity contribution in [2.24, 2.45) is 16.7 Å². The number of nitrogens with zero attached hydrogens (tertiary/aromatic N) is 2. The molecule has 0 saturated heterocycles. The van der Waals surface area contributed by atoms with Crippen LogP contribution in [-0.4, -0.2) is 16.0 Å². The Morgan fingerprint density at radius 1 is 1.29 bits per heavy atom. The Morgan fingerprint density at radius 2 is 1.88 bits per heavy atom. The molecule has 0 aromatic carbocycles. The molecule has 0 spiro atoms. The third-order valence-electron chi connectivity index (χ3n) is 4.17. The molecule has 6 heteroatoms. The van der Waals surface area contributed by atoms with Crippen LogP contribution in [0.15, 0.2) is 6.20 Å². The van der Waals surface area contributed by atoms with E-state index in [9.17, 15) is 4.39 Å². The number of halogens is 1. The number of rotatable bonds is 3. The molecule has 1 aliphatic carbocycles. The van der Waals surface area contributed by atoms with Gasteiger partial charge in [0.05, 0.1) is 6.20 Å². The lowest BCUT2D eigenvalue weighted by molar-refractivity contribution is 0.457. The third kappa shape index (κ3) is 1.72. The van der Waals surface area contributed by atoms with E-state index in [1.165, 1.54) is 0 Å². The van der Waals surface area contributed by atoms with Crippen molar-refractivity contribution in [1.82, 2.24) is 9.97 Å². The molecular formula is C11H18FN5. The molecule has 0 amide bonds. The van der Waals surface area contributed by atoms with Crippen molar-refractivity contribution >= 4 is 11.8 Å². The van der Waals surface area contributed by atoms with Crippen LogP contribution in [0, 0.1) is 16.6 Å². The largest absolute Gasteiger partial charge is 0.364 e. The van der Waals surface area contributed by atoms with Gasteiger partial charge >= 0.3 is 0 Å². The van der Waals surface area contributed by atoms with Gasteiger partial charge in [-0.1, -0.05) is 27.7 Å². The maximum absolute atomic E-state index is 13.5. The summed E-state index contributed by atoms with van der Waals surface area (Å²) in [5.74, 6) is 5.12. The summed E-state index contributed by atoms with van der Waals surface area (Å²) in [5, 5.41) is 3.12. The zero-order valence-electron chi connectivity index (χ0n) is 10.5. The normalized spacial score (nSPS) is 21.1. The van der Waals surface area contributed by atoms with Crippen molar-refractivity contribution in [3.63, 3.8) is 0 Å². The molecule has 1 fully saturated rings. The van der Waals surface area contributed by atoms with E-state index in [-0.39, 0.29) is 28.6 Å². The summed E-state index contributed by atoms with van der Waals surface area (Å²) < 4.78 is 13.5. The van der Waals surface area contributed by atoms with Crippen LogP contribution >= 0.6 is 0 Å². The minimum atomic E-state index is -0.470. The van der Waals surface area contributed by atoms with Crippen molar-refractivity contribution in [3.05, 3.63) is 12.0 Å². The second kappa shape index (κ2) is 3.53. The van der Waals surface area contributed by atoms with Crippen LogP contribution in [-0.2, 0) is 0 Å². The highest BCUT2D eigenvalue weighted by atomic mass is 19.1. The summed E-state index contributed by atoms with van der Waals surface area (Å²) in [6.07, 6.45) is 1.10. The number of nitrogens with one attached hydrogen (secondary N) is 2. The topological polar surface area (TPSA) is 75.9 Å². The SMILES string of the molecule is CC1(C)C(Nc2nc(NN)ncc2F)C1(C)C. The summed E-state index contributed by atoms with van der Waals surface area (Å²) >= 11 is 0. The zero-order valence-corrected chi connectivity index (χ0v) is 10.5.